The molecule has 1 aromatic heterocycles. The van der Waals surface area contributed by atoms with Crippen molar-refractivity contribution in [1.29, 1.82) is 0 Å². The Kier molecular flexibility index (Phi) is 5.48. The van der Waals surface area contributed by atoms with Gasteiger partial charge in [0.05, 0.1) is 19.0 Å². The summed E-state index contributed by atoms with van der Waals surface area (Å²) in [5.41, 5.74) is 0.952. The molecule has 0 fully saturated rings. The van der Waals surface area contributed by atoms with Gasteiger partial charge >= 0.3 is 0 Å². The van der Waals surface area contributed by atoms with Gasteiger partial charge < -0.3 is 9.67 Å². The van der Waals surface area contributed by atoms with Gasteiger partial charge in [0.15, 0.2) is 0 Å². The number of hydrogen-bond acceptors (Lipinski definition) is 3. The summed E-state index contributed by atoms with van der Waals surface area (Å²) in [5, 5.41) is 10.1. The minimum absolute atomic E-state index is 0.483. The molecule has 0 radical (unpaired) electrons. The lowest BCUT2D eigenvalue weighted by Gasteiger charge is -2.12. The van der Waals surface area contributed by atoms with E-state index in [0.29, 0.717) is 6.54 Å². The summed E-state index contributed by atoms with van der Waals surface area (Å²) >= 11 is 1.87. The molecule has 102 valence electrons. The van der Waals surface area contributed by atoms with Crippen molar-refractivity contribution < 1.29 is 5.11 Å². The minimum Gasteiger partial charge on any atom is -0.387 e. The Morgan fingerprint density at radius 3 is 2.74 bits per heavy atom. The van der Waals surface area contributed by atoms with Gasteiger partial charge in [-0.25, -0.2) is 4.98 Å². The third kappa shape index (κ3) is 4.40. The fourth-order valence-electron chi connectivity index (χ4n) is 1.82. The molecular formula is C15H20N2OS. The second-order valence-electron chi connectivity index (χ2n) is 4.55. The van der Waals surface area contributed by atoms with E-state index in [0.717, 1.165) is 11.3 Å². The van der Waals surface area contributed by atoms with Crippen molar-refractivity contribution in [3.8, 4) is 0 Å². The number of hydrogen-bond donors (Lipinski definition) is 1. The van der Waals surface area contributed by atoms with Crippen LogP contribution >= 0.6 is 11.8 Å². The molecule has 0 bridgehead atoms. The molecule has 0 saturated carbocycles. The maximum atomic E-state index is 10.1. The maximum Gasteiger partial charge on any atom is 0.0969 e. The zero-order chi connectivity index (χ0) is 13.5. The number of aliphatic hydroxyl groups excluding tert-OH is 1. The first-order chi connectivity index (χ1) is 9.29. The highest BCUT2D eigenvalue weighted by Gasteiger charge is 2.08. The van der Waals surface area contributed by atoms with Gasteiger partial charge in [-0.05, 0) is 29.9 Å². The first-order valence-electron chi connectivity index (χ1n) is 6.66. The standard InChI is InChI=1S/C15H20N2OS/c1-2-3-10-19-14-6-4-13(5-7-14)15(18)11-17-9-8-16-12-17/h4-9,12,15,18H,2-3,10-11H2,1H3. The number of benzene rings is 1. The van der Waals surface area contributed by atoms with E-state index in [1.165, 1.54) is 17.7 Å². The third-order valence-electron chi connectivity index (χ3n) is 2.97. The third-order valence-corrected chi connectivity index (χ3v) is 4.07. The lowest BCUT2D eigenvalue weighted by molar-refractivity contribution is 0.156. The smallest absolute Gasteiger partial charge is 0.0969 e. The van der Waals surface area contributed by atoms with Gasteiger partial charge in [-0.2, -0.15) is 0 Å². The molecule has 2 rings (SSSR count). The maximum absolute atomic E-state index is 10.1. The van der Waals surface area contributed by atoms with Crippen molar-refractivity contribution in [2.24, 2.45) is 0 Å². The Morgan fingerprint density at radius 1 is 1.32 bits per heavy atom. The quantitative estimate of drug-likeness (QED) is 0.621. The van der Waals surface area contributed by atoms with Crippen LogP contribution in [-0.4, -0.2) is 20.4 Å². The number of thioether (sulfide) groups is 1. The van der Waals surface area contributed by atoms with E-state index in [9.17, 15) is 5.11 Å². The average molecular weight is 276 g/mol. The molecule has 1 atom stereocenters. The molecule has 1 heterocycles. The first-order valence-corrected chi connectivity index (χ1v) is 7.64. The molecule has 0 amide bonds. The van der Waals surface area contributed by atoms with Crippen molar-refractivity contribution in [2.45, 2.75) is 37.3 Å². The Bertz CT molecular complexity index is 467. The number of aromatic nitrogens is 2. The van der Waals surface area contributed by atoms with E-state index in [2.05, 4.69) is 24.0 Å². The van der Waals surface area contributed by atoms with Gasteiger partial charge in [0.1, 0.15) is 0 Å². The van der Waals surface area contributed by atoms with Crippen molar-refractivity contribution in [3.63, 3.8) is 0 Å². The summed E-state index contributed by atoms with van der Waals surface area (Å²) in [6.07, 6.45) is 7.30. The van der Waals surface area contributed by atoms with Crippen molar-refractivity contribution in [1.82, 2.24) is 9.55 Å². The van der Waals surface area contributed by atoms with Crippen LogP contribution in [0.2, 0.25) is 0 Å². The van der Waals surface area contributed by atoms with Crippen LogP contribution in [-0.2, 0) is 6.54 Å². The zero-order valence-corrected chi connectivity index (χ0v) is 12.0. The number of rotatable bonds is 7. The molecule has 1 N–H and O–H groups in total. The van der Waals surface area contributed by atoms with E-state index in [1.807, 2.05) is 34.7 Å². The van der Waals surface area contributed by atoms with Crippen LogP contribution in [0.15, 0.2) is 47.9 Å². The van der Waals surface area contributed by atoms with E-state index >= 15 is 0 Å². The predicted molar refractivity (Wildman–Crippen MR) is 79.3 cm³/mol. The van der Waals surface area contributed by atoms with Gasteiger partial charge in [-0.3, -0.25) is 0 Å². The highest BCUT2D eigenvalue weighted by atomic mass is 32.2. The summed E-state index contributed by atoms with van der Waals surface area (Å²) in [6, 6.07) is 8.20. The molecule has 2 aromatic rings. The molecule has 0 spiro atoms. The Morgan fingerprint density at radius 2 is 2.11 bits per heavy atom. The van der Waals surface area contributed by atoms with Crippen molar-refractivity contribution in [2.75, 3.05) is 5.75 Å². The minimum atomic E-state index is -0.483. The van der Waals surface area contributed by atoms with Gasteiger partial charge in [-0.1, -0.05) is 25.5 Å². The second kappa shape index (κ2) is 7.36. The van der Waals surface area contributed by atoms with Gasteiger partial charge in [0.25, 0.3) is 0 Å². The van der Waals surface area contributed by atoms with Gasteiger partial charge in [-0.15, -0.1) is 11.8 Å². The molecule has 3 nitrogen and oxygen atoms in total. The van der Waals surface area contributed by atoms with Gasteiger partial charge in [0.2, 0.25) is 0 Å². The van der Waals surface area contributed by atoms with Crippen LogP contribution in [0.1, 0.15) is 31.4 Å². The summed E-state index contributed by atoms with van der Waals surface area (Å²) < 4.78 is 1.88. The largest absolute Gasteiger partial charge is 0.387 e. The molecule has 19 heavy (non-hydrogen) atoms. The number of nitrogens with zero attached hydrogens (tertiary/aromatic N) is 2. The second-order valence-corrected chi connectivity index (χ2v) is 5.71. The number of unbranched alkanes of at least 4 members (excludes halogenated alkanes) is 1. The van der Waals surface area contributed by atoms with E-state index in [-0.39, 0.29) is 0 Å². The molecule has 0 saturated heterocycles. The van der Waals surface area contributed by atoms with Crippen LogP contribution in [0.3, 0.4) is 0 Å². The summed E-state index contributed by atoms with van der Waals surface area (Å²) in [6.45, 7) is 2.75. The molecule has 0 aliphatic rings. The van der Waals surface area contributed by atoms with Gasteiger partial charge in [0, 0.05) is 17.3 Å². The van der Waals surface area contributed by atoms with Crippen molar-refractivity contribution >= 4 is 11.8 Å². The normalized spacial score (nSPS) is 12.5. The summed E-state index contributed by atoms with van der Waals surface area (Å²) in [4.78, 5) is 5.24. The molecule has 4 heteroatoms. The molecule has 0 aliphatic heterocycles. The SMILES string of the molecule is CCCCSc1ccc(C(O)Cn2ccnc2)cc1. The summed E-state index contributed by atoms with van der Waals surface area (Å²) in [5.74, 6) is 1.16. The fraction of sp³-hybridized carbons (Fsp3) is 0.400. The Labute approximate surface area is 118 Å². The first kappa shape index (κ1) is 14.2. The Hall–Kier alpha value is -1.26. The van der Waals surface area contributed by atoms with E-state index < -0.39 is 6.10 Å². The fourth-order valence-corrected chi connectivity index (χ4v) is 2.82. The predicted octanol–water partition coefficient (Wildman–Crippen LogP) is 3.51. The highest BCUT2D eigenvalue weighted by Crippen LogP contribution is 2.22. The van der Waals surface area contributed by atoms with Crippen LogP contribution < -0.4 is 0 Å². The topological polar surface area (TPSA) is 38.0 Å². The summed E-state index contributed by atoms with van der Waals surface area (Å²) in [7, 11) is 0. The molecule has 1 unspecified atom stereocenters. The highest BCUT2D eigenvalue weighted by molar-refractivity contribution is 7.99. The van der Waals surface area contributed by atoms with Crippen LogP contribution in [0.4, 0.5) is 0 Å². The van der Waals surface area contributed by atoms with Crippen molar-refractivity contribution in [3.05, 3.63) is 48.5 Å². The van der Waals surface area contributed by atoms with E-state index in [4.69, 9.17) is 0 Å². The lowest BCUT2D eigenvalue weighted by Crippen LogP contribution is -2.06. The number of imidazole rings is 1. The molecular weight excluding hydrogens is 256 g/mol. The van der Waals surface area contributed by atoms with E-state index in [1.54, 1.807) is 12.5 Å². The number of aliphatic hydroxyl groups is 1. The Balaban J connectivity index is 1.90. The molecule has 1 aromatic carbocycles. The van der Waals surface area contributed by atoms with Crippen LogP contribution in [0.5, 0.6) is 0 Å². The van der Waals surface area contributed by atoms with Crippen LogP contribution in [0, 0.1) is 0 Å². The average Bonchev–Trinajstić information content (AvgIpc) is 2.93. The monoisotopic (exact) mass is 276 g/mol. The zero-order valence-electron chi connectivity index (χ0n) is 11.2. The van der Waals surface area contributed by atoms with Crippen LogP contribution in [0.25, 0.3) is 0 Å². The molecule has 0 aliphatic carbocycles. The lowest BCUT2D eigenvalue weighted by atomic mass is 10.1.